The number of carbonyl (C=O) groups is 3. The molecule has 0 unspecified atom stereocenters. The van der Waals surface area contributed by atoms with E-state index in [2.05, 4.69) is 20.3 Å². The highest BCUT2D eigenvalue weighted by Crippen LogP contribution is 2.47. The van der Waals surface area contributed by atoms with Crippen LogP contribution in [0.3, 0.4) is 0 Å². The van der Waals surface area contributed by atoms with Crippen LogP contribution in [0, 0.1) is 12.8 Å². The van der Waals surface area contributed by atoms with Gasteiger partial charge in [0.05, 0.1) is 27.1 Å². The molecule has 7 rings (SSSR count). The zero-order valence-corrected chi connectivity index (χ0v) is 31.0. The van der Waals surface area contributed by atoms with Crippen molar-refractivity contribution in [2.24, 2.45) is 5.92 Å². The lowest BCUT2D eigenvalue weighted by Crippen LogP contribution is -2.58. The normalized spacial score (nSPS) is 28.1. The summed E-state index contributed by atoms with van der Waals surface area (Å²) in [4.78, 5) is 48.6. The number of allylic oxidation sites excluding steroid dienone is 1. The molecule has 11 nitrogen and oxygen atoms in total. The lowest BCUT2D eigenvalue weighted by atomic mass is 10.0. The fourth-order valence-electron chi connectivity index (χ4n) is 7.14. The van der Waals surface area contributed by atoms with Crippen LogP contribution in [0.4, 0.5) is 18.9 Å². The van der Waals surface area contributed by atoms with Crippen molar-refractivity contribution in [2.45, 2.75) is 106 Å². The third kappa shape index (κ3) is 7.75. The Morgan fingerprint density at radius 2 is 1.91 bits per heavy atom. The lowest BCUT2D eigenvalue weighted by molar-refractivity contribution is -0.140. The van der Waals surface area contributed by atoms with Crippen LogP contribution in [0.1, 0.15) is 75.8 Å². The van der Waals surface area contributed by atoms with E-state index in [1.165, 1.54) is 28.4 Å². The molecule has 2 aliphatic heterocycles. The summed E-state index contributed by atoms with van der Waals surface area (Å²) in [6, 6.07) is 8.34. The first kappa shape index (κ1) is 37.1. The number of amides is 3. The van der Waals surface area contributed by atoms with Crippen LogP contribution >= 0.6 is 11.3 Å². The number of anilines is 1. The average molecular weight is 774 g/mol. The monoisotopic (exact) mass is 773 g/mol. The van der Waals surface area contributed by atoms with E-state index in [9.17, 15) is 36.0 Å². The van der Waals surface area contributed by atoms with Gasteiger partial charge in [0.25, 0.3) is 11.1 Å². The van der Waals surface area contributed by atoms with E-state index in [-0.39, 0.29) is 31.5 Å². The standard InChI is InChI=1S/C37H42F3N5O6S2/c1-22-13-14-30-28(17-22)42-34(52-30)51-26-19-29-31(46)43-36(33(48)44-53(49,50)35(2)15-16-35)20-24(36)9-6-4-3-5-7-12-27(32(47)45(29)21-26)41-25-11-8-10-23(18-25)37(38,39)40/h6,8-11,13-14,17-18,24,26-27,29,41H,3-5,7,12,15-16,19-21H2,1-2H3,(H,43,46)(H,44,48)/b9-6-/t24-,26-,27+,29+,36-/m1/s1. The Morgan fingerprint density at radius 1 is 1.11 bits per heavy atom. The molecule has 3 heterocycles. The number of nitrogens with one attached hydrogen (secondary N) is 3. The maximum absolute atomic E-state index is 14.5. The molecule has 5 atom stereocenters. The summed E-state index contributed by atoms with van der Waals surface area (Å²) >= 11 is 1.32. The number of sulfonamides is 1. The number of hydrogen-bond donors (Lipinski definition) is 3. The van der Waals surface area contributed by atoms with E-state index >= 15 is 0 Å². The Balaban J connectivity index is 1.19. The zero-order chi connectivity index (χ0) is 37.8. The summed E-state index contributed by atoms with van der Waals surface area (Å²) in [5.74, 6) is -2.44. The van der Waals surface area contributed by atoms with Crippen molar-refractivity contribution in [3.63, 3.8) is 0 Å². The second-order valence-corrected chi connectivity index (χ2v) is 18.1. The summed E-state index contributed by atoms with van der Waals surface area (Å²) in [6.07, 6.45) is 2.52. The fraction of sp³-hybridized carbons (Fsp3) is 0.514. The Kier molecular flexibility index (Phi) is 9.75. The minimum atomic E-state index is -4.59. The number of fused-ring (bicyclic) bond motifs is 3. The molecule has 0 bridgehead atoms. The Bertz CT molecular complexity index is 2070. The number of aromatic nitrogens is 1. The molecule has 284 valence electrons. The molecule has 3 amide bonds. The van der Waals surface area contributed by atoms with Crippen molar-refractivity contribution in [2.75, 3.05) is 11.9 Å². The highest BCUT2D eigenvalue weighted by atomic mass is 32.2. The van der Waals surface area contributed by atoms with E-state index in [1.807, 2.05) is 37.3 Å². The first-order chi connectivity index (χ1) is 25.1. The van der Waals surface area contributed by atoms with Gasteiger partial charge in [-0.1, -0.05) is 48.5 Å². The van der Waals surface area contributed by atoms with E-state index in [4.69, 9.17) is 4.74 Å². The van der Waals surface area contributed by atoms with Crippen LogP contribution in [-0.4, -0.2) is 71.0 Å². The van der Waals surface area contributed by atoms with Crippen LogP contribution in [-0.2, 0) is 30.6 Å². The number of carbonyl (C=O) groups excluding carboxylic acids is 3. The SMILES string of the molecule is Cc1ccc2sc(O[C@@H]3C[C@H]4C(=O)N[C@]5(C(=O)NS(=O)(=O)C6(C)CC6)C[C@H]5/C=C\CCCCC[C@H](Nc5cccc(C(F)(F)F)c5)C(=O)N4C3)nc2c1. The fourth-order valence-corrected chi connectivity index (χ4v) is 9.32. The van der Waals surface area contributed by atoms with E-state index in [0.717, 1.165) is 40.8 Å². The third-order valence-corrected chi connectivity index (χ3v) is 13.9. The molecule has 0 radical (unpaired) electrons. The second-order valence-electron chi connectivity index (χ2n) is 14.9. The molecule has 2 saturated carbocycles. The number of rotatable bonds is 7. The maximum atomic E-state index is 14.5. The largest absolute Gasteiger partial charge is 0.465 e. The van der Waals surface area contributed by atoms with Gasteiger partial charge >= 0.3 is 6.18 Å². The van der Waals surface area contributed by atoms with Crippen molar-refractivity contribution in [1.82, 2.24) is 19.9 Å². The van der Waals surface area contributed by atoms with Crippen LogP contribution < -0.4 is 20.1 Å². The molecule has 16 heteroatoms. The van der Waals surface area contributed by atoms with Crippen molar-refractivity contribution < 1.29 is 40.7 Å². The number of hydrogen-bond acceptors (Lipinski definition) is 9. The predicted molar refractivity (Wildman–Crippen MR) is 194 cm³/mol. The summed E-state index contributed by atoms with van der Waals surface area (Å²) < 4.78 is 75.3. The summed E-state index contributed by atoms with van der Waals surface area (Å²) in [6.45, 7) is 3.49. The summed E-state index contributed by atoms with van der Waals surface area (Å²) in [7, 11) is -4.01. The molecule has 3 aromatic rings. The lowest BCUT2D eigenvalue weighted by Gasteiger charge is -2.30. The van der Waals surface area contributed by atoms with Gasteiger partial charge in [0.15, 0.2) is 0 Å². The van der Waals surface area contributed by atoms with Crippen LogP contribution in [0.15, 0.2) is 54.6 Å². The van der Waals surface area contributed by atoms with E-state index in [1.54, 1.807) is 6.92 Å². The topological polar surface area (TPSA) is 147 Å². The molecule has 0 spiro atoms. The van der Waals surface area contributed by atoms with Gasteiger partial charge in [0.2, 0.25) is 21.8 Å². The van der Waals surface area contributed by atoms with Gasteiger partial charge in [-0.15, -0.1) is 0 Å². The molecule has 4 aliphatic rings. The molecule has 1 aromatic heterocycles. The van der Waals surface area contributed by atoms with Gasteiger partial charge in [0, 0.05) is 18.0 Å². The quantitative estimate of drug-likeness (QED) is 0.254. The number of nitrogens with zero attached hydrogens (tertiary/aromatic N) is 2. The van der Waals surface area contributed by atoms with Gasteiger partial charge in [-0.3, -0.25) is 19.1 Å². The van der Waals surface area contributed by atoms with Gasteiger partial charge in [-0.2, -0.15) is 13.2 Å². The molecule has 1 saturated heterocycles. The first-order valence-electron chi connectivity index (χ1n) is 17.9. The highest BCUT2D eigenvalue weighted by Gasteiger charge is 2.63. The van der Waals surface area contributed by atoms with Crippen molar-refractivity contribution >= 4 is 55.0 Å². The number of thiazole rings is 1. The minimum absolute atomic E-state index is 0.0259. The molecule has 53 heavy (non-hydrogen) atoms. The number of ether oxygens (including phenoxy) is 1. The third-order valence-electron chi connectivity index (χ3n) is 10.8. The van der Waals surface area contributed by atoms with Crippen molar-refractivity contribution in [3.8, 4) is 5.19 Å². The smallest absolute Gasteiger partial charge is 0.416 e. The molecule has 2 aliphatic carbocycles. The van der Waals surface area contributed by atoms with Gasteiger partial charge in [-0.05, 0) is 88.3 Å². The van der Waals surface area contributed by atoms with Crippen LogP contribution in [0.25, 0.3) is 10.2 Å². The summed E-state index contributed by atoms with van der Waals surface area (Å²) in [5, 5.41) is 6.22. The van der Waals surface area contributed by atoms with Crippen LogP contribution in [0.2, 0.25) is 0 Å². The van der Waals surface area contributed by atoms with Gasteiger partial charge < -0.3 is 20.3 Å². The number of alkyl halides is 3. The number of aryl methyl sites for hydroxylation is 1. The number of halogens is 3. The zero-order valence-electron chi connectivity index (χ0n) is 29.4. The maximum Gasteiger partial charge on any atom is 0.416 e. The Hall–Kier alpha value is -4.18. The molecular formula is C37H42F3N5O6S2. The molecular weight excluding hydrogens is 732 g/mol. The molecule has 3 N–H and O–H groups in total. The highest BCUT2D eigenvalue weighted by molar-refractivity contribution is 7.91. The minimum Gasteiger partial charge on any atom is -0.465 e. The van der Waals surface area contributed by atoms with Crippen molar-refractivity contribution in [3.05, 3.63) is 65.7 Å². The summed E-state index contributed by atoms with van der Waals surface area (Å²) in [5.41, 5.74) is -0.531. The first-order valence-corrected chi connectivity index (χ1v) is 20.2. The van der Waals surface area contributed by atoms with Crippen molar-refractivity contribution in [1.29, 1.82) is 0 Å². The Labute approximate surface area is 309 Å². The second kappa shape index (κ2) is 13.9. The van der Waals surface area contributed by atoms with E-state index in [0.29, 0.717) is 30.9 Å². The molecule has 3 fully saturated rings. The van der Waals surface area contributed by atoms with Crippen LogP contribution in [0.5, 0.6) is 5.19 Å². The van der Waals surface area contributed by atoms with Gasteiger partial charge in [0.1, 0.15) is 23.7 Å². The average Bonchev–Trinajstić information content (AvgIpc) is 3.91. The Morgan fingerprint density at radius 3 is 2.66 bits per heavy atom. The predicted octanol–water partition coefficient (Wildman–Crippen LogP) is 5.85. The molecule has 2 aromatic carbocycles. The number of benzene rings is 2. The van der Waals surface area contributed by atoms with E-state index < -0.39 is 73.9 Å². The van der Waals surface area contributed by atoms with Gasteiger partial charge in [-0.25, -0.2) is 13.4 Å².